The Balaban J connectivity index is 1.67. The number of halogens is 1. The van der Waals surface area contributed by atoms with Gasteiger partial charge in [0.1, 0.15) is 5.60 Å². The van der Waals surface area contributed by atoms with E-state index < -0.39 is 5.60 Å². The molecule has 7 heteroatoms. The third-order valence-corrected chi connectivity index (χ3v) is 5.79. The first kappa shape index (κ1) is 25.9. The summed E-state index contributed by atoms with van der Waals surface area (Å²) < 4.78 is 5.45. The van der Waals surface area contributed by atoms with Crippen molar-refractivity contribution in [1.82, 2.24) is 19.8 Å². The van der Waals surface area contributed by atoms with E-state index >= 15 is 0 Å². The molecule has 0 unspecified atom stereocenters. The molecule has 0 radical (unpaired) electrons. The lowest BCUT2D eigenvalue weighted by Crippen LogP contribution is -2.35. The second-order valence-electron chi connectivity index (χ2n) is 9.72. The molecule has 2 aromatic heterocycles. The van der Waals surface area contributed by atoms with E-state index in [0.717, 1.165) is 36.3 Å². The molecule has 0 N–H and O–H groups in total. The number of rotatable bonds is 9. The first-order valence-corrected chi connectivity index (χ1v) is 12.1. The second kappa shape index (κ2) is 11.6. The van der Waals surface area contributed by atoms with Crippen LogP contribution in [0, 0.1) is 6.92 Å². The molecule has 2 heterocycles. The van der Waals surface area contributed by atoms with Crippen LogP contribution in [0.3, 0.4) is 0 Å². The number of nitrogens with zero attached hydrogens (tertiary/aromatic N) is 4. The largest absolute Gasteiger partial charge is 0.444 e. The van der Waals surface area contributed by atoms with Gasteiger partial charge >= 0.3 is 6.09 Å². The molecule has 1 aromatic carbocycles. The maximum Gasteiger partial charge on any atom is 0.410 e. The predicted octanol–water partition coefficient (Wildman–Crippen LogP) is 6.24. The van der Waals surface area contributed by atoms with E-state index in [9.17, 15) is 4.79 Å². The quantitative estimate of drug-likeness (QED) is 0.338. The second-order valence-corrected chi connectivity index (χ2v) is 10.2. The number of carbonyl (C=O) groups excluding carboxylic acids is 1. The molecule has 34 heavy (non-hydrogen) atoms. The van der Waals surface area contributed by atoms with E-state index in [1.165, 1.54) is 10.8 Å². The fourth-order valence-electron chi connectivity index (χ4n) is 3.80. The van der Waals surface area contributed by atoms with Crippen molar-refractivity contribution in [3.8, 4) is 0 Å². The third-order valence-electron chi connectivity index (χ3n) is 5.58. The van der Waals surface area contributed by atoms with Gasteiger partial charge in [-0.15, -0.1) is 0 Å². The number of hydrogen-bond donors (Lipinski definition) is 0. The Morgan fingerprint density at radius 1 is 1.03 bits per heavy atom. The number of aryl methyl sites for hydroxylation is 1. The number of ether oxygens (including phenoxy) is 1. The highest BCUT2D eigenvalue weighted by molar-refractivity contribution is 6.30. The number of benzene rings is 1. The van der Waals surface area contributed by atoms with Gasteiger partial charge in [-0.1, -0.05) is 35.9 Å². The van der Waals surface area contributed by atoms with Gasteiger partial charge in [0.05, 0.1) is 16.4 Å². The molecular formula is C27H35ClN4O2. The van der Waals surface area contributed by atoms with Gasteiger partial charge < -0.3 is 9.64 Å². The van der Waals surface area contributed by atoms with Gasteiger partial charge in [0.2, 0.25) is 0 Å². The molecular weight excluding hydrogens is 448 g/mol. The molecule has 0 fully saturated rings. The zero-order chi connectivity index (χ0) is 24.7. The first-order valence-electron chi connectivity index (χ1n) is 11.7. The van der Waals surface area contributed by atoms with Crippen molar-refractivity contribution in [2.75, 3.05) is 20.1 Å². The van der Waals surface area contributed by atoms with Gasteiger partial charge in [0.25, 0.3) is 0 Å². The van der Waals surface area contributed by atoms with Crippen LogP contribution < -0.4 is 0 Å². The van der Waals surface area contributed by atoms with Crippen molar-refractivity contribution in [2.24, 2.45) is 0 Å². The van der Waals surface area contributed by atoms with Crippen molar-refractivity contribution in [3.05, 3.63) is 70.8 Å². The van der Waals surface area contributed by atoms with E-state index in [1.807, 2.05) is 52.1 Å². The molecule has 3 rings (SSSR count). The minimum atomic E-state index is -0.489. The highest BCUT2D eigenvalue weighted by Gasteiger charge is 2.19. The average Bonchev–Trinajstić information content (AvgIpc) is 2.77. The van der Waals surface area contributed by atoms with Gasteiger partial charge in [-0.05, 0) is 70.2 Å². The smallest absolute Gasteiger partial charge is 0.410 e. The molecule has 6 nitrogen and oxygen atoms in total. The van der Waals surface area contributed by atoms with Crippen LogP contribution in [-0.2, 0) is 17.8 Å². The molecule has 182 valence electrons. The Hall–Kier alpha value is -2.70. The molecule has 0 saturated heterocycles. The summed E-state index contributed by atoms with van der Waals surface area (Å²) in [6.07, 6.45) is 5.10. The Labute approximate surface area is 207 Å². The number of hydrogen-bond acceptors (Lipinski definition) is 5. The zero-order valence-electron chi connectivity index (χ0n) is 20.8. The van der Waals surface area contributed by atoms with Gasteiger partial charge in [-0.25, -0.2) is 4.79 Å². The van der Waals surface area contributed by atoms with E-state index in [0.29, 0.717) is 24.7 Å². The van der Waals surface area contributed by atoms with Crippen molar-refractivity contribution in [2.45, 2.75) is 59.2 Å². The van der Waals surface area contributed by atoms with Crippen LogP contribution in [0.4, 0.5) is 4.79 Å². The maximum absolute atomic E-state index is 12.2. The fraction of sp³-hybridized carbons (Fsp3) is 0.444. The number of carbonyl (C=O) groups is 1. The molecule has 0 bridgehead atoms. The topological polar surface area (TPSA) is 58.6 Å². The monoisotopic (exact) mass is 482 g/mol. The summed E-state index contributed by atoms with van der Waals surface area (Å²) >= 11 is 6.12. The van der Waals surface area contributed by atoms with E-state index in [4.69, 9.17) is 16.3 Å². The Morgan fingerprint density at radius 2 is 1.74 bits per heavy atom. The van der Waals surface area contributed by atoms with Crippen molar-refractivity contribution >= 4 is 28.5 Å². The van der Waals surface area contributed by atoms with E-state index in [2.05, 4.69) is 33.1 Å². The lowest BCUT2D eigenvalue weighted by molar-refractivity contribution is 0.0295. The maximum atomic E-state index is 12.2. The highest BCUT2D eigenvalue weighted by atomic mass is 35.5. The normalized spacial score (nSPS) is 11.7. The summed E-state index contributed by atoms with van der Waals surface area (Å²) in [5.41, 5.74) is 2.65. The molecule has 0 saturated carbocycles. The van der Waals surface area contributed by atoms with Gasteiger partial charge in [-0.3, -0.25) is 14.9 Å². The molecule has 0 atom stereocenters. The lowest BCUT2D eigenvalue weighted by Gasteiger charge is -2.25. The molecule has 0 spiro atoms. The van der Waals surface area contributed by atoms with E-state index in [-0.39, 0.29) is 6.09 Å². The minimum absolute atomic E-state index is 0.287. The Bertz CT molecular complexity index is 1110. The van der Waals surface area contributed by atoms with Gasteiger partial charge in [0.15, 0.2) is 0 Å². The standard InChI is InChI=1S/C27H35ClN4O2/c1-20-16-22(28)17-30-24(20)18-32(15-9-8-14-31(5)26(33)34-27(2,3)4)19-25-23-11-7-6-10-21(23)12-13-29-25/h6-7,10-13,16-17H,8-9,14-15,18-19H2,1-5H3. The van der Waals surface area contributed by atoms with Crippen LogP contribution in [0.5, 0.6) is 0 Å². The summed E-state index contributed by atoms with van der Waals surface area (Å²) in [6, 6.07) is 12.3. The van der Waals surface area contributed by atoms with Crippen molar-refractivity contribution in [3.63, 3.8) is 0 Å². The van der Waals surface area contributed by atoms with Crippen molar-refractivity contribution < 1.29 is 9.53 Å². The number of aromatic nitrogens is 2. The van der Waals surface area contributed by atoms with Crippen LogP contribution in [0.25, 0.3) is 10.8 Å². The molecule has 3 aromatic rings. The molecule has 0 aliphatic carbocycles. The van der Waals surface area contributed by atoms with Crippen LogP contribution >= 0.6 is 11.6 Å². The summed E-state index contributed by atoms with van der Waals surface area (Å²) in [6.45, 7) is 10.6. The van der Waals surface area contributed by atoms with Crippen LogP contribution in [-0.4, -0.2) is 51.6 Å². The number of pyridine rings is 2. The number of fused-ring (bicyclic) bond motifs is 1. The third kappa shape index (κ3) is 7.67. The number of amides is 1. The van der Waals surface area contributed by atoms with Gasteiger partial charge in [-0.2, -0.15) is 0 Å². The Kier molecular flexibility index (Phi) is 8.86. The predicted molar refractivity (Wildman–Crippen MR) is 138 cm³/mol. The molecule has 1 amide bonds. The highest BCUT2D eigenvalue weighted by Crippen LogP contribution is 2.20. The van der Waals surface area contributed by atoms with E-state index in [1.54, 1.807) is 18.1 Å². The fourth-order valence-corrected chi connectivity index (χ4v) is 4.01. The van der Waals surface area contributed by atoms with Crippen LogP contribution in [0.1, 0.15) is 50.6 Å². The molecule has 0 aliphatic heterocycles. The Morgan fingerprint density at radius 3 is 2.47 bits per heavy atom. The lowest BCUT2D eigenvalue weighted by atomic mass is 10.1. The summed E-state index contributed by atoms with van der Waals surface area (Å²) in [5, 5.41) is 3.00. The molecule has 0 aliphatic rings. The van der Waals surface area contributed by atoms with Crippen molar-refractivity contribution in [1.29, 1.82) is 0 Å². The SMILES string of the molecule is Cc1cc(Cl)cnc1CN(CCCCN(C)C(=O)OC(C)(C)C)Cc1nccc2ccccc12. The van der Waals surface area contributed by atoms with Crippen LogP contribution in [0.15, 0.2) is 48.8 Å². The average molecular weight is 483 g/mol. The summed E-state index contributed by atoms with van der Waals surface area (Å²) in [5.74, 6) is 0. The zero-order valence-corrected chi connectivity index (χ0v) is 21.6. The van der Waals surface area contributed by atoms with Crippen LogP contribution in [0.2, 0.25) is 5.02 Å². The summed E-state index contributed by atoms with van der Waals surface area (Å²) in [7, 11) is 1.78. The number of unbranched alkanes of at least 4 members (excludes halogenated alkanes) is 1. The minimum Gasteiger partial charge on any atom is -0.444 e. The summed E-state index contributed by atoms with van der Waals surface area (Å²) in [4.78, 5) is 25.5. The van der Waals surface area contributed by atoms with Gasteiger partial charge in [0, 0.05) is 44.5 Å². The first-order chi connectivity index (χ1) is 16.1.